The van der Waals surface area contributed by atoms with Gasteiger partial charge in [-0.3, -0.25) is 0 Å². The Bertz CT molecular complexity index is 39.1. The van der Waals surface area contributed by atoms with Gasteiger partial charge in [0.1, 0.15) is 0 Å². The van der Waals surface area contributed by atoms with E-state index in [1.54, 1.807) is 0 Å². The fraction of sp³-hybridized carbons (Fsp3) is 1.00. The summed E-state index contributed by atoms with van der Waals surface area (Å²) in [6.45, 7) is 2.87. The highest BCUT2D eigenvalue weighted by Crippen LogP contribution is 2.01. The van der Waals surface area contributed by atoms with Crippen molar-refractivity contribution in [1.29, 1.82) is 0 Å². The molecule has 0 aliphatic heterocycles. The molecule has 0 saturated heterocycles. The molecule has 0 amide bonds. The molecule has 0 aromatic heterocycles. The van der Waals surface area contributed by atoms with E-state index < -0.39 is 0 Å². The van der Waals surface area contributed by atoms with Crippen LogP contribution in [0.1, 0.15) is 13.3 Å². The maximum absolute atomic E-state index is 5.30. The molecule has 2 N–H and O–H groups in total. The highest BCUT2D eigenvalue weighted by atomic mass is 14.5. The summed E-state index contributed by atoms with van der Waals surface area (Å²) in [5.41, 5.74) is 5.25. The summed E-state index contributed by atoms with van der Waals surface area (Å²) in [5.74, 6) is 0.602. The molecule has 0 aromatic carbocycles. The van der Waals surface area contributed by atoms with Gasteiger partial charge in [-0.1, -0.05) is 19.2 Å². The Hall–Kier alpha value is 0.0249. The molecule has 1 nitrogen and oxygen atoms in total. The van der Waals surface area contributed by atoms with E-state index in [2.05, 4.69) is 6.92 Å². The number of nitrogens with two attached hydrogens (primary N) is 1. The summed E-state index contributed by atoms with van der Waals surface area (Å²) in [7, 11) is 5.30. The van der Waals surface area contributed by atoms with Gasteiger partial charge in [0, 0.05) is 0 Å². The Labute approximate surface area is 46.7 Å². The predicted octanol–water partition coefficient (Wildman–Crippen LogP) is 0.558. The van der Waals surface area contributed by atoms with Crippen LogP contribution in [-0.2, 0) is 0 Å². The predicted molar refractivity (Wildman–Crippen MR) is 33.4 cm³/mol. The van der Waals surface area contributed by atoms with Crippen LogP contribution < -0.4 is 5.73 Å². The molecule has 1 unspecified atom stereocenters. The lowest BCUT2D eigenvalue weighted by atomic mass is 9.91. The fourth-order valence-corrected chi connectivity index (χ4v) is 0.402. The van der Waals surface area contributed by atoms with Crippen LogP contribution in [-0.4, -0.2) is 14.4 Å². The van der Waals surface area contributed by atoms with Crippen LogP contribution in [0.25, 0.3) is 0 Å². The van der Waals surface area contributed by atoms with Gasteiger partial charge < -0.3 is 5.73 Å². The van der Waals surface area contributed by atoms with Crippen LogP contribution >= 0.6 is 0 Å². The van der Waals surface area contributed by atoms with E-state index in [1.807, 2.05) is 0 Å². The first-order chi connectivity index (χ1) is 3.31. The molecule has 0 fully saturated rings. The second-order valence-corrected chi connectivity index (χ2v) is 1.92. The zero-order chi connectivity index (χ0) is 5.70. The Morgan fingerprint density at radius 2 is 2.29 bits per heavy atom. The molecular weight excluding hydrogens is 84.9 g/mol. The third kappa shape index (κ3) is 3.87. The molecule has 0 heterocycles. The third-order valence-corrected chi connectivity index (χ3v) is 1.06. The second-order valence-electron chi connectivity index (χ2n) is 1.92. The molecule has 2 heteroatoms. The minimum absolute atomic E-state index is 0.602. The lowest BCUT2D eigenvalue weighted by Gasteiger charge is -2.02. The molecule has 0 aliphatic rings. The van der Waals surface area contributed by atoms with Crippen molar-refractivity contribution in [3.05, 3.63) is 0 Å². The van der Waals surface area contributed by atoms with Crippen molar-refractivity contribution in [2.24, 2.45) is 11.7 Å². The highest BCUT2D eigenvalue weighted by Gasteiger charge is 1.92. The summed E-state index contributed by atoms with van der Waals surface area (Å²) >= 11 is 0. The Balaban J connectivity index is 2.83. The summed E-state index contributed by atoms with van der Waals surface area (Å²) in [4.78, 5) is 0. The lowest BCUT2D eigenvalue weighted by Crippen LogP contribution is -2.04. The van der Waals surface area contributed by atoms with Gasteiger partial charge in [-0.15, -0.1) is 0 Å². The van der Waals surface area contributed by atoms with Crippen LogP contribution in [0.3, 0.4) is 0 Å². The van der Waals surface area contributed by atoms with Crippen molar-refractivity contribution in [3.63, 3.8) is 0 Å². The van der Waals surface area contributed by atoms with Gasteiger partial charge in [0.2, 0.25) is 0 Å². The van der Waals surface area contributed by atoms with E-state index in [1.165, 1.54) is 0 Å². The quantitative estimate of drug-likeness (QED) is 0.511. The fourth-order valence-electron chi connectivity index (χ4n) is 0.402. The van der Waals surface area contributed by atoms with Gasteiger partial charge in [-0.2, -0.15) is 0 Å². The van der Waals surface area contributed by atoms with Gasteiger partial charge in [0.25, 0.3) is 0 Å². The first-order valence-corrected chi connectivity index (χ1v) is 2.71. The summed E-state index contributed by atoms with van der Waals surface area (Å²) in [6.07, 6.45) is 1.81. The average Bonchev–Trinajstić information content (AvgIpc) is 1.68. The number of hydrogen-bond acceptors (Lipinski definition) is 1. The van der Waals surface area contributed by atoms with Crippen LogP contribution in [0, 0.1) is 5.92 Å². The number of rotatable bonds is 3. The first-order valence-electron chi connectivity index (χ1n) is 2.71. The van der Waals surface area contributed by atoms with E-state index in [0.29, 0.717) is 5.92 Å². The van der Waals surface area contributed by atoms with Crippen LogP contribution in [0.15, 0.2) is 0 Å². The van der Waals surface area contributed by atoms with E-state index in [4.69, 9.17) is 13.6 Å². The standard InChI is InChI=1S/C5H12BN/c1-5(4-6)2-3-7/h5H,2-4,7H2,1H3. The van der Waals surface area contributed by atoms with Crippen molar-refractivity contribution in [1.82, 2.24) is 0 Å². The Kier molecular flexibility index (Phi) is 4.21. The van der Waals surface area contributed by atoms with Gasteiger partial charge >= 0.3 is 0 Å². The molecule has 0 bridgehead atoms. The SMILES string of the molecule is [B]CC(C)CCN. The zero-order valence-corrected chi connectivity index (χ0v) is 4.85. The van der Waals surface area contributed by atoms with Gasteiger partial charge in [-0.05, 0) is 13.0 Å². The molecule has 2 radical (unpaired) electrons. The van der Waals surface area contributed by atoms with Crippen molar-refractivity contribution >= 4 is 7.85 Å². The van der Waals surface area contributed by atoms with Gasteiger partial charge in [0.15, 0.2) is 0 Å². The summed E-state index contributed by atoms with van der Waals surface area (Å²) < 4.78 is 0. The molecule has 0 aromatic rings. The molecule has 0 rings (SSSR count). The minimum atomic E-state index is 0.602. The normalized spacial score (nSPS) is 14.0. The van der Waals surface area contributed by atoms with E-state index in [-0.39, 0.29) is 0 Å². The molecule has 0 spiro atoms. The van der Waals surface area contributed by atoms with Crippen molar-refractivity contribution in [3.8, 4) is 0 Å². The molecule has 0 saturated carbocycles. The second kappa shape index (κ2) is 4.19. The van der Waals surface area contributed by atoms with E-state index in [9.17, 15) is 0 Å². The maximum Gasteiger partial charge on any atom is 0.0656 e. The van der Waals surface area contributed by atoms with Crippen molar-refractivity contribution in [2.45, 2.75) is 19.7 Å². The van der Waals surface area contributed by atoms with E-state index in [0.717, 1.165) is 19.3 Å². The zero-order valence-electron chi connectivity index (χ0n) is 4.85. The topological polar surface area (TPSA) is 26.0 Å². The Morgan fingerprint density at radius 1 is 1.71 bits per heavy atom. The number of hydrogen-bond donors (Lipinski definition) is 1. The van der Waals surface area contributed by atoms with Crippen LogP contribution in [0.4, 0.5) is 0 Å². The highest BCUT2D eigenvalue weighted by molar-refractivity contribution is 6.08. The van der Waals surface area contributed by atoms with Crippen molar-refractivity contribution in [2.75, 3.05) is 6.54 Å². The Morgan fingerprint density at radius 3 is 2.43 bits per heavy atom. The third-order valence-electron chi connectivity index (χ3n) is 1.06. The largest absolute Gasteiger partial charge is 0.330 e. The molecule has 1 atom stereocenters. The van der Waals surface area contributed by atoms with Crippen molar-refractivity contribution < 1.29 is 0 Å². The first kappa shape index (κ1) is 7.02. The summed E-state index contributed by atoms with van der Waals surface area (Å²) in [6, 6.07) is 0. The van der Waals surface area contributed by atoms with E-state index >= 15 is 0 Å². The summed E-state index contributed by atoms with van der Waals surface area (Å²) in [5, 5.41) is 0. The van der Waals surface area contributed by atoms with Crippen LogP contribution in [0.2, 0.25) is 6.32 Å². The average molecular weight is 97.0 g/mol. The lowest BCUT2D eigenvalue weighted by molar-refractivity contribution is 0.596. The molecular formula is C5H12BN. The molecule has 7 heavy (non-hydrogen) atoms. The minimum Gasteiger partial charge on any atom is -0.330 e. The maximum atomic E-state index is 5.30. The molecule has 40 valence electrons. The van der Waals surface area contributed by atoms with Gasteiger partial charge in [-0.25, -0.2) is 0 Å². The molecule has 0 aliphatic carbocycles. The van der Waals surface area contributed by atoms with Gasteiger partial charge in [0.05, 0.1) is 7.85 Å². The van der Waals surface area contributed by atoms with Crippen LogP contribution in [0.5, 0.6) is 0 Å². The smallest absolute Gasteiger partial charge is 0.0656 e. The monoisotopic (exact) mass is 97.1 g/mol.